The number of fused-ring (bicyclic) bond motifs is 1. The van der Waals surface area contributed by atoms with E-state index in [0.717, 1.165) is 5.39 Å². The lowest BCUT2D eigenvalue weighted by molar-refractivity contribution is 0.0567. The van der Waals surface area contributed by atoms with E-state index in [9.17, 15) is 4.79 Å². The van der Waals surface area contributed by atoms with Gasteiger partial charge in [0.05, 0.1) is 7.11 Å². The standard InChI is InChI=1S/C10H7ClO3/c1-13-10(12)9-5-6-4-7(11)2-3-8(6)14-9/h2-5H,1H3. The lowest BCUT2D eigenvalue weighted by Crippen LogP contribution is -1.97. The first-order valence-corrected chi connectivity index (χ1v) is 4.36. The van der Waals surface area contributed by atoms with E-state index in [0.29, 0.717) is 10.6 Å². The molecule has 1 aromatic carbocycles. The maximum absolute atomic E-state index is 11.1. The van der Waals surface area contributed by atoms with Crippen LogP contribution in [0.1, 0.15) is 10.6 Å². The van der Waals surface area contributed by atoms with Crippen LogP contribution in [0.2, 0.25) is 5.02 Å². The van der Waals surface area contributed by atoms with Crippen LogP contribution < -0.4 is 0 Å². The van der Waals surface area contributed by atoms with Gasteiger partial charge in [0.2, 0.25) is 5.76 Å². The van der Waals surface area contributed by atoms with Crippen molar-refractivity contribution in [2.75, 3.05) is 7.11 Å². The first-order chi connectivity index (χ1) is 6.70. The third kappa shape index (κ3) is 1.46. The molecular formula is C10H7ClO3. The molecule has 0 aliphatic heterocycles. The van der Waals surface area contributed by atoms with Crippen molar-refractivity contribution in [3.63, 3.8) is 0 Å². The molecule has 0 saturated carbocycles. The number of methoxy groups -OCH3 is 1. The number of rotatable bonds is 1. The molecule has 0 aliphatic rings. The van der Waals surface area contributed by atoms with Gasteiger partial charge in [-0.15, -0.1) is 0 Å². The Bertz CT molecular complexity index is 487. The van der Waals surface area contributed by atoms with E-state index in [1.165, 1.54) is 7.11 Å². The Morgan fingerprint density at radius 3 is 2.93 bits per heavy atom. The number of benzene rings is 1. The number of hydrogen-bond acceptors (Lipinski definition) is 3. The minimum atomic E-state index is -0.489. The van der Waals surface area contributed by atoms with Gasteiger partial charge in [-0.1, -0.05) is 11.6 Å². The minimum absolute atomic E-state index is 0.185. The Morgan fingerprint density at radius 1 is 1.43 bits per heavy atom. The van der Waals surface area contributed by atoms with E-state index in [1.807, 2.05) is 0 Å². The average Bonchev–Trinajstić information content (AvgIpc) is 2.59. The summed E-state index contributed by atoms with van der Waals surface area (Å²) >= 11 is 5.78. The van der Waals surface area contributed by atoms with E-state index in [4.69, 9.17) is 16.0 Å². The van der Waals surface area contributed by atoms with Crippen LogP contribution in [-0.4, -0.2) is 13.1 Å². The smallest absolute Gasteiger partial charge is 0.373 e. The van der Waals surface area contributed by atoms with Crippen LogP contribution in [-0.2, 0) is 4.74 Å². The van der Waals surface area contributed by atoms with E-state index in [1.54, 1.807) is 24.3 Å². The number of ether oxygens (including phenoxy) is 1. The summed E-state index contributed by atoms with van der Waals surface area (Å²) in [5.74, 6) is -0.304. The lowest BCUT2D eigenvalue weighted by atomic mass is 10.2. The molecule has 72 valence electrons. The van der Waals surface area contributed by atoms with Crippen LogP contribution in [0.15, 0.2) is 28.7 Å². The Balaban J connectivity index is 2.56. The van der Waals surface area contributed by atoms with Crippen LogP contribution in [0.25, 0.3) is 11.0 Å². The van der Waals surface area contributed by atoms with Gasteiger partial charge in [0.25, 0.3) is 0 Å². The first-order valence-electron chi connectivity index (χ1n) is 3.98. The summed E-state index contributed by atoms with van der Waals surface area (Å²) in [5, 5.41) is 1.40. The van der Waals surface area contributed by atoms with Crippen molar-refractivity contribution in [3.05, 3.63) is 35.0 Å². The highest BCUT2D eigenvalue weighted by Gasteiger charge is 2.11. The van der Waals surface area contributed by atoms with Gasteiger partial charge in [0.15, 0.2) is 0 Å². The maximum Gasteiger partial charge on any atom is 0.373 e. The molecule has 4 heteroatoms. The fourth-order valence-electron chi connectivity index (χ4n) is 1.22. The zero-order valence-corrected chi connectivity index (χ0v) is 8.17. The second-order valence-electron chi connectivity index (χ2n) is 2.78. The average molecular weight is 211 g/mol. The van der Waals surface area contributed by atoms with Gasteiger partial charge >= 0.3 is 5.97 Å². The highest BCUT2D eigenvalue weighted by molar-refractivity contribution is 6.31. The summed E-state index contributed by atoms with van der Waals surface area (Å²) in [4.78, 5) is 11.1. The fourth-order valence-corrected chi connectivity index (χ4v) is 1.40. The number of carbonyl (C=O) groups is 1. The molecule has 0 fully saturated rings. The zero-order valence-electron chi connectivity index (χ0n) is 7.41. The molecule has 0 bridgehead atoms. The van der Waals surface area contributed by atoms with Crippen LogP contribution in [0.4, 0.5) is 0 Å². The molecule has 0 unspecified atom stereocenters. The molecule has 3 nitrogen and oxygen atoms in total. The van der Waals surface area contributed by atoms with Crippen LogP contribution in [0.3, 0.4) is 0 Å². The van der Waals surface area contributed by atoms with E-state index < -0.39 is 5.97 Å². The Morgan fingerprint density at radius 2 is 2.21 bits per heavy atom. The zero-order chi connectivity index (χ0) is 10.1. The van der Waals surface area contributed by atoms with Crippen molar-refractivity contribution in [3.8, 4) is 0 Å². The molecule has 0 spiro atoms. The van der Waals surface area contributed by atoms with Crippen molar-refractivity contribution in [2.45, 2.75) is 0 Å². The van der Waals surface area contributed by atoms with Crippen molar-refractivity contribution < 1.29 is 13.9 Å². The van der Waals surface area contributed by atoms with Crippen LogP contribution in [0, 0.1) is 0 Å². The number of carbonyl (C=O) groups excluding carboxylic acids is 1. The van der Waals surface area contributed by atoms with E-state index in [2.05, 4.69) is 4.74 Å². The van der Waals surface area contributed by atoms with Gasteiger partial charge < -0.3 is 9.15 Å². The highest BCUT2D eigenvalue weighted by Crippen LogP contribution is 2.23. The summed E-state index contributed by atoms with van der Waals surface area (Å²) in [5.41, 5.74) is 0.620. The quantitative estimate of drug-likeness (QED) is 0.680. The predicted molar refractivity (Wildman–Crippen MR) is 52.6 cm³/mol. The lowest BCUT2D eigenvalue weighted by Gasteiger charge is -1.90. The van der Waals surface area contributed by atoms with Crippen molar-refractivity contribution in [2.24, 2.45) is 0 Å². The summed E-state index contributed by atoms with van der Waals surface area (Å²) in [6.45, 7) is 0. The van der Waals surface area contributed by atoms with Crippen molar-refractivity contribution >= 4 is 28.5 Å². The van der Waals surface area contributed by atoms with Gasteiger partial charge in [0, 0.05) is 10.4 Å². The molecule has 14 heavy (non-hydrogen) atoms. The molecule has 0 amide bonds. The van der Waals surface area contributed by atoms with Crippen LogP contribution >= 0.6 is 11.6 Å². The third-order valence-corrected chi connectivity index (χ3v) is 2.10. The SMILES string of the molecule is COC(=O)c1cc2cc(Cl)ccc2o1. The Hall–Kier alpha value is -1.48. The molecule has 1 heterocycles. The molecule has 2 rings (SSSR count). The second kappa shape index (κ2) is 3.35. The normalized spacial score (nSPS) is 10.4. The van der Waals surface area contributed by atoms with Crippen LogP contribution in [0.5, 0.6) is 0 Å². The fraction of sp³-hybridized carbons (Fsp3) is 0.100. The van der Waals surface area contributed by atoms with Crippen molar-refractivity contribution in [1.29, 1.82) is 0 Å². The molecule has 0 aliphatic carbocycles. The Labute approximate surface area is 85.2 Å². The molecule has 0 N–H and O–H groups in total. The van der Waals surface area contributed by atoms with E-state index >= 15 is 0 Å². The topological polar surface area (TPSA) is 39.4 Å². The summed E-state index contributed by atoms with van der Waals surface area (Å²) in [6, 6.07) is 6.75. The molecular weight excluding hydrogens is 204 g/mol. The first kappa shape index (κ1) is 9.09. The van der Waals surface area contributed by atoms with E-state index in [-0.39, 0.29) is 5.76 Å². The summed E-state index contributed by atoms with van der Waals surface area (Å²) < 4.78 is 9.77. The number of furan rings is 1. The van der Waals surface area contributed by atoms with Gasteiger partial charge in [-0.05, 0) is 24.3 Å². The van der Waals surface area contributed by atoms with Gasteiger partial charge in [0.1, 0.15) is 5.58 Å². The Kier molecular flexibility index (Phi) is 2.17. The maximum atomic E-state index is 11.1. The number of hydrogen-bond donors (Lipinski definition) is 0. The molecule has 1 aromatic heterocycles. The van der Waals surface area contributed by atoms with Gasteiger partial charge in [-0.3, -0.25) is 0 Å². The minimum Gasteiger partial charge on any atom is -0.463 e. The highest BCUT2D eigenvalue weighted by atomic mass is 35.5. The summed E-state index contributed by atoms with van der Waals surface area (Å²) in [6.07, 6.45) is 0. The monoisotopic (exact) mass is 210 g/mol. The van der Waals surface area contributed by atoms with Gasteiger partial charge in [-0.2, -0.15) is 0 Å². The largest absolute Gasteiger partial charge is 0.463 e. The number of halogens is 1. The summed E-state index contributed by atoms with van der Waals surface area (Å²) in [7, 11) is 1.31. The second-order valence-corrected chi connectivity index (χ2v) is 3.22. The molecule has 0 saturated heterocycles. The molecule has 2 aromatic rings. The number of esters is 1. The van der Waals surface area contributed by atoms with Gasteiger partial charge in [-0.25, -0.2) is 4.79 Å². The predicted octanol–water partition coefficient (Wildman–Crippen LogP) is 2.87. The third-order valence-electron chi connectivity index (χ3n) is 1.86. The van der Waals surface area contributed by atoms with Crippen molar-refractivity contribution in [1.82, 2.24) is 0 Å². The molecule has 0 atom stereocenters. The molecule has 0 radical (unpaired) electrons.